The summed E-state index contributed by atoms with van der Waals surface area (Å²) in [5, 5.41) is 0. The van der Waals surface area contributed by atoms with Gasteiger partial charge in [0, 0.05) is 11.8 Å². The summed E-state index contributed by atoms with van der Waals surface area (Å²) in [7, 11) is 0. The molecule has 1 aromatic carbocycles. The smallest absolute Gasteiger partial charge is 0.0289 e. The first-order valence-corrected chi connectivity index (χ1v) is 5.97. The van der Waals surface area contributed by atoms with Crippen molar-refractivity contribution in [3.63, 3.8) is 0 Å². The summed E-state index contributed by atoms with van der Waals surface area (Å²) in [6, 6.07) is 8.58. The van der Waals surface area contributed by atoms with E-state index in [0.29, 0.717) is 23.6 Å². The maximum Gasteiger partial charge on any atom is 0.0289 e. The van der Waals surface area contributed by atoms with Crippen LogP contribution >= 0.6 is 23.2 Å². The molecular weight excluding hydrogens is 215 g/mol. The zero-order valence-corrected chi connectivity index (χ0v) is 10.1. The molecule has 0 saturated heterocycles. The highest BCUT2D eigenvalue weighted by molar-refractivity contribution is 6.18. The molecule has 0 radical (unpaired) electrons. The van der Waals surface area contributed by atoms with Crippen LogP contribution in [0.3, 0.4) is 0 Å². The normalized spacial score (nSPS) is 15.1. The third kappa shape index (κ3) is 2.90. The van der Waals surface area contributed by atoms with Crippen molar-refractivity contribution in [3.8, 4) is 0 Å². The Labute approximate surface area is 96.2 Å². The van der Waals surface area contributed by atoms with Gasteiger partial charge >= 0.3 is 0 Å². The molecule has 0 saturated carbocycles. The molecule has 0 aliphatic carbocycles. The molecule has 2 atom stereocenters. The fourth-order valence-corrected chi connectivity index (χ4v) is 1.69. The van der Waals surface area contributed by atoms with Crippen LogP contribution in [0.5, 0.6) is 0 Å². The molecule has 0 aliphatic rings. The molecule has 0 spiro atoms. The second-order valence-corrected chi connectivity index (χ2v) is 4.39. The van der Waals surface area contributed by atoms with Gasteiger partial charge in [0.2, 0.25) is 0 Å². The summed E-state index contributed by atoms with van der Waals surface area (Å²) >= 11 is 11.6. The highest BCUT2D eigenvalue weighted by atomic mass is 35.5. The van der Waals surface area contributed by atoms with Gasteiger partial charge in [-0.2, -0.15) is 0 Å². The van der Waals surface area contributed by atoms with Crippen LogP contribution in [0.15, 0.2) is 24.3 Å². The predicted molar refractivity (Wildman–Crippen MR) is 64.7 cm³/mol. The Balaban J connectivity index is 2.78. The van der Waals surface area contributed by atoms with Crippen molar-refractivity contribution < 1.29 is 0 Å². The molecule has 14 heavy (non-hydrogen) atoms. The standard InChI is InChI=1S/C12H16Cl2/c1-9(7-13)11-3-5-12(6-4-11)10(2)8-14/h3-6,9-10H,7-8H2,1-2H3. The van der Waals surface area contributed by atoms with Crippen LogP contribution in [0.2, 0.25) is 0 Å². The molecule has 1 aromatic rings. The number of rotatable bonds is 4. The lowest BCUT2D eigenvalue weighted by Gasteiger charge is -2.11. The summed E-state index contributed by atoms with van der Waals surface area (Å²) in [5.74, 6) is 2.20. The van der Waals surface area contributed by atoms with Crippen molar-refractivity contribution in [3.05, 3.63) is 35.4 Å². The van der Waals surface area contributed by atoms with Gasteiger partial charge in [0.05, 0.1) is 0 Å². The molecule has 2 heteroatoms. The van der Waals surface area contributed by atoms with Gasteiger partial charge in [-0.3, -0.25) is 0 Å². The molecule has 0 aromatic heterocycles. The summed E-state index contributed by atoms with van der Waals surface area (Å²) < 4.78 is 0. The summed E-state index contributed by atoms with van der Waals surface area (Å²) in [4.78, 5) is 0. The lowest BCUT2D eigenvalue weighted by Crippen LogP contribution is -1.98. The Hall–Kier alpha value is -0.200. The summed E-state index contributed by atoms with van der Waals surface area (Å²) in [5.41, 5.74) is 2.59. The zero-order chi connectivity index (χ0) is 10.6. The lowest BCUT2D eigenvalue weighted by molar-refractivity contribution is 0.853. The van der Waals surface area contributed by atoms with E-state index in [9.17, 15) is 0 Å². The molecule has 1 rings (SSSR count). The Morgan fingerprint density at radius 1 is 0.857 bits per heavy atom. The van der Waals surface area contributed by atoms with Crippen molar-refractivity contribution in [2.24, 2.45) is 0 Å². The van der Waals surface area contributed by atoms with E-state index in [2.05, 4.69) is 38.1 Å². The second kappa shape index (κ2) is 5.63. The van der Waals surface area contributed by atoms with Crippen molar-refractivity contribution >= 4 is 23.2 Å². The lowest BCUT2D eigenvalue weighted by atomic mass is 9.97. The van der Waals surface area contributed by atoms with Crippen LogP contribution in [0.4, 0.5) is 0 Å². The average Bonchev–Trinajstić information content (AvgIpc) is 2.27. The zero-order valence-electron chi connectivity index (χ0n) is 8.63. The monoisotopic (exact) mass is 230 g/mol. The number of hydrogen-bond donors (Lipinski definition) is 0. The van der Waals surface area contributed by atoms with Gasteiger partial charge in [0.15, 0.2) is 0 Å². The van der Waals surface area contributed by atoms with Crippen molar-refractivity contribution in [1.29, 1.82) is 0 Å². The van der Waals surface area contributed by atoms with Gasteiger partial charge in [-0.05, 0) is 23.0 Å². The van der Waals surface area contributed by atoms with Crippen molar-refractivity contribution in [2.75, 3.05) is 11.8 Å². The van der Waals surface area contributed by atoms with Crippen LogP contribution in [0, 0.1) is 0 Å². The first kappa shape index (κ1) is 11.9. The van der Waals surface area contributed by atoms with Crippen LogP contribution < -0.4 is 0 Å². The summed E-state index contributed by atoms with van der Waals surface area (Å²) in [6.45, 7) is 4.26. The van der Waals surface area contributed by atoms with E-state index in [0.717, 1.165) is 0 Å². The maximum atomic E-state index is 5.80. The Morgan fingerprint density at radius 2 is 1.14 bits per heavy atom. The first-order valence-electron chi connectivity index (χ1n) is 4.90. The highest BCUT2D eigenvalue weighted by Crippen LogP contribution is 2.21. The largest absolute Gasteiger partial charge is 0.126 e. The quantitative estimate of drug-likeness (QED) is 0.675. The predicted octanol–water partition coefficient (Wildman–Crippen LogP) is 4.37. The first-order chi connectivity index (χ1) is 6.69. The molecule has 0 fully saturated rings. The number of benzene rings is 1. The van der Waals surface area contributed by atoms with Crippen LogP contribution in [-0.2, 0) is 0 Å². The molecule has 0 aliphatic heterocycles. The minimum Gasteiger partial charge on any atom is -0.126 e. The fourth-order valence-electron chi connectivity index (χ4n) is 1.33. The second-order valence-electron chi connectivity index (χ2n) is 3.78. The molecule has 0 nitrogen and oxygen atoms in total. The third-order valence-corrected chi connectivity index (χ3v) is 3.46. The Bertz CT molecular complexity index is 237. The molecular formula is C12H16Cl2. The highest BCUT2D eigenvalue weighted by Gasteiger charge is 2.06. The molecule has 0 heterocycles. The van der Waals surface area contributed by atoms with E-state index < -0.39 is 0 Å². The third-order valence-electron chi connectivity index (χ3n) is 2.54. The number of halogens is 2. The SMILES string of the molecule is CC(CCl)c1ccc(C(C)CCl)cc1. The van der Waals surface area contributed by atoms with Crippen molar-refractivity contribution in [2.45, 2.75) is 25.7 Å². The Kier molecular flexibility index (Phi) is 4.77. The van der Waals surface area contributed by atoms with Gasteiger partial charge in [-0.25, -0.2) is 0 Å². The van der Waals surface area contributed by atoms with Gasteiger partial charge < -0.3 is 0 Å². The van der Waals surface area contributed by atoms with Gasteiger partial charge in [0.25, 0.3) is 0 Å². The molecule has 78 valence electrons. The van der Waals surface area contributed by atoms with Gasteiger partial charge in [0.1, 0.15) is 0 Å². The van der Waals surface area contributed by atoms with Crippen molar-refractivity contribution in [1.82, 2.24) is 0 Å². The number of hydrogen-bond acceptors (Lipinski definition) is 0. The summed E-state index contributed by atoms with van der Waals surface area (Å²) in [6.07, 6.45) is 0. The van der Waals surface area contributed by atoms with E-state index in [-0.39, 0.29) is 0 Å². The van der Waals surface area contributed by atoms with E-state index in [1.807, 2.05) is 0 Å². The average molecular weight is 231 g/mol. The van der Waals surface area contributed by atoms with E-state index >= 15 is 0 Å². The van der Waals surface area contributed by atoms with Crippen LogP contribution in [-0.4, -0.2) is 11.8 Å². The van der Waals surface area contributed by atoms with Gasteiger partial charge in [-0.1, -0.05) is 38.1 Å². The maximum absolute atomic E-state index is 5.80. The fraction of sp³-hybridized carbons (Fsp3) is 0.500. The Morgan fingerprint density at radius 3 is 1.36 bits per heavy atom. The molecule has 0 bridgehead atoms. The van der Waals surface area contributed by atoms with Crippen LogP contribution in [0.1, 0.15) is 36.8 Å². The van der Waals surface area contributed by atoms with Gasteiger partial charge in [-0.15, -0.1) is 23.2 Å². The van der Waals surface area contributed by atoms with E-state index in [4.69, 9.17) is 23.2 Å². The molecule has 0 amide bonds. The minimum atomic E-state index is 0.428. The van der Waals surface area contributed by atoms with Crippen LogP contribution in [0.25, 0.3) is 0 Å². The minimum absolute atomic E-state index is 0.428. The topological polar surface area (TPSA) is 0 Å². The van der Waals surface area contributed by atoms with E-state index in [1.54, 1.807) is 0 Å². The molecule has 2 unspecified atom stereocenters. The van der Waals surface area contributed by atoms with E-state index in [1.165, 1.54) is 11.1 Å². The molecule has 0 N–H and O–H groups in total. The number of alkyl halides is 2.